The third-order valence-corrected chi connectivity index (χ3v) is 0. The van der Waals surface area contributed by atoms with Crippen molar-refractivity contribution in [2.75, 3.05) is 0 Å². The van der Waals surface area contributed by atoms with Crippen LogP contribution in [0.25, 0.3) is 0 Å². The second kappa shape index (κ2) is 1.04. The maximum atomic E-state index is 10.3. The van der Waals surface area contributed by atoms with E-state index in [1.54, 1.807) is 0 Å². The van der Waals surface area contributed by atoms with Crippen LogP contribution in [0.5, 0.6) is 0 Å². The number of halogens is 3. The lowest BCUT2D eigenvalue weighted by Crippen LogP contribution is -2.13. The van der Waals surface area contributed by atoms with Crippen LogP contribution in [0, 0.1) is 0 Å². The van der Waals surface area contributed by atoms with Gasteiger partial charge in [0.2, 0.25) is 0 Å². The van der Waals surface area contributed by atoms with Gasteiger partial charge in [-0.1, -0.05) is 0 Å². The minimum atomic E-state index is -5.61. The van der Waals surface area contributed by atoms with Crippen LogP contribution in [-0.4, -0.2) is 16.4 Å². The van der Waals surface area contributed by atoms with Gasteiger partial charge in [0, 0.05) is 0 Å². The average Bonchev–Trinajstić information content (AvgIpc) is 0.722. The van der Waals surface area contributed by atoms with Crippen molar-refractivity contribution in [3.05, 3.63) is 0 Å². The van der Waals surface area contributed by atoms with Crippen molar-refractivity contribution < 1.29 is 12.3 Å². The predicted octanol–water partition coefficient (Wildman–Crippen LogP) is 0.499. The van der Waals surface area contributed by atoms with E-state index in [9.17, 15) is 12.3 Å². The van der Waals surface area contributed by atoms with E-state index < -0.39 is 8.95 Å². The normalized spacial score (nSPS) is 11.8. The Labute approximate surface area is 29.9 Å². The van der Waals surface area contributed by atoms with Crippen molar-refractivity contribution in [3.63, 3.8) is 0 Å². The Bertz CT molecular complexity index is 22.4. The maximum Gasteiger partial charge on any atom is 0.542 e. The molecular formula is BF3Si. The Kier molecular flexibility index (Phi) is 1.06. The van der Waals surface area contributed by atoms with Crippen LogP contribution in [0.4, 0.5) is 12.3 Å². The molecule has 0 rings (SSSR count). The second-order valence-electron chi connectivity index (χ2n) is 0.542. The smallest absolute Gasteiger partial charge is 0.246 e. The molecule has 0 atom stereocenters. The standard InChI is InChI=1S/BF3Si/c1-5(2,3)4. The molecule has 0 fully saturated rings. The van der Waals surface area contributed by atoms with E-state index in [1.807, 2.05) is 0 Å². The highest BCUT2D eigenvalue weighted by Gasteiger charge is 2.24. The first-order valence-electron chi connectivity index (χ1n) is 0.856. The Morgan fingerprint density at radius 1 is 1.20 bits per heavy atom. The van der Waals surface area contributed by atoms with Gasteiger partial charge in [-0.05, 0) is 0 Å². The fourth-order valence-electron chi connectivity index (χ4n) is 0. The van der Waals surface area contributed by atoms with E-state index in [0.717, 1.165) is 0 Å². The molecule has 0 spiro atoms. The van der Waals surface area contributed by atoms with Gasteiger partial charge in [0.25, 0.3) is 0 Å². The minimum absolute atomic E-state index is 3.49. The SMILES string of the molecule is [B][Si](F)(F)F. The van der Waals surface area contributed by atoms with Gasteiger partial charge in [-0.2, -0.15) is 0 Å². The molecule has 5 heavy (non-hydrogen) atoms. The van der Waals surface area contributed by atoms with Crippen LogP contribution in [0.2, 0.25) is 0 Å². The molecule has 0 heterocycles. The summed E-state index contributed by atoms with van der Waals surface area (Å²) >= 11 is 0. The average molecular weight is 95.9 g/mol. The first-order chi connectivity index (χ1) is 2.00. The summed E-state index contributed by atoms with van der Waals surface area (Å²) in [5, 5.41) is 0. The summed E-state index contributed by atoms with van der Waals surface area (Å²) in [6.07, 6.45) is 0. The van der Waals surface area contributed by atoms with Crippen LogP contribution in [0.15, 0.2) is 0 Å². The topological polar surface area (TPSA) is 0 Å². The zero-order chi connectivity index (χ0) is 4.50. The third-order valence-electron chi connectivity index (χ3n) is 0. The van der Waals surface area contributed by atoms with Crippen LogP contribution >= 0.6 is 0 Å². The van der Waals surface area contributed by atoms with Gasteiger partial charge in [-0.3, -0.25) is 0 Å². The van der Waals surface area contributed by atoms with Crippen LogP contribution in [0.1, 0.15) is 0 Å². The lowest BCUT2D eigenvalue weighted by molar-refractivity contribution is 0.516. The Hall–Kier alpha value is 0.0718. The summed E-state index contributed by atoms with van der Waals surface area (Å²) in [6, 6.07) is 0. The lowest BCUT2D eigenvalue weighted by Gasteiger charge is -1.83. The monoisotopic (exact) mass is 96.0 g/mol. The van der Waals surface area contributed by atoms with Crippen molar-refractivity contribution in [1.82, 2.24) is 0 Å². The molecule has 0 bridgehead atoms. The van der Waals surface area contributed by atoms with Gasteiger partial charge in [0.1, 0.15) is 0 Å². The molecule has 0 saturated carbocycles. The number of rotatable bonds is 0. The summed E-state index contributed by atoms with van der Waals surface area (Å²) in [5.41, 5.74) is 0. The summed E-state index contributed by atoms with van der Waals surface area (Å²) in [5.74, 6) is 0. The molecule has 0 aromatic heterocycles. The molecule has 0 aliphatic carbocycles. The molecule has 0 aliphatic heterocycles. The van der Waals surface area contributed by atoms with Crippen LogP contribution in [-0.2, 0) is 0 Å². The first kappa shape index (κ1) is 5.07. The molecule has 0 aromatic carbocycles. The molecule has 0 saturated heterocycles. The van der Waals surface area contributed by atoms with Crippen molar-refractivity contribution in [2.45, 2.75) is 0 Å². The molecule has 2 radical (unpaired) electrons. The van der Waals surface area contributed by atoms with Gasteiger partial charge in [-0.25, -0.2) is 12.3 Å². The van der Waals surface area contributed by atoms with E-state index in [-0.39, 0.29) is 0 Å². The van der Waals surface area contributed by atoms with E-state index >= 15 is 0 Å². The molecule has 5 heteroatoms. The fraction of sp³-hybridized carbons (Fsp3) is 0. The Morgan fingerprint density at radius 3 is 1.20 bits per heavy atom. The highest BCUT2D eigenvalue weighted by Crippen LogP contribution is 1.98. The molecule has 0 aliphatic rings. The molecule has 0 amide bonds. The highest BCUT2D eigenvalue weighted by molar-refractivity contribution is 7.04. The van der Waals surface area contributed by atoms with Crippen molar-refractivity contribution in [3.8, 4) is 0 Å². The molecule has 0 N–H and O–H groups in total. The fourth-order valence-corrected chi connectivity index (χ4v) is 0. The Morgan fingerprint density at radius 2 is 1.20 bits per heavy atom. The Balaban J connectivity index is 3.02. The highest BCUT2D eigenvalue weighted by atomic mass is 28.5. The van der Waals surface area contributed by atoms with Gasteiger partial charge >= 0.3 is 8.95 Å². The van der Waals surface area contributed by atoms with E-state index in [2.05, 4.69) is 7.44 Å². The molecule has 0 aromatic rings. The van der Waals surface area contributed by atoms with E-state index in [0.29, 0.717) is 0 Å². The zero-order valence-corrected chi connectivity index (χ0v) is 3.21. The maximum absolute atomic E-state index is 10.3. The zero-order valence-electron chi connectivity index (χ0n) is 2.21. The first-order valence-corrected chi connectivity index (χ1v) is 2.57. The number of hydrogen-bond acceptors (Lipinski definition) is 0. The number of hydrogen-bond donors (Lipinski definition) is 0. The largest absolute Gasteiger partial charge is 0.542 e. The lowest BCUT2D eigenvalue weighted by atomic mass is 10.8. The van der Waals surface area contributed by atoms with Crippen LogP contribution in [0.3, 0.4) is 0 Å². The molecule has 0 nitrogen and oxygen atoms in total. The second-order valence-corrected chi connectivity index (χ2v) is 1.62. The van der Waals surface area contributed by atoms with Gasteiger partial charge in [0.05, 0.1) is 0 Å². The quantitative estimate of drug-likeness (QED) is 0.304. The van der Waals surface area contributed by atoms with Crippen molar-refractivity contribution >= 4 is 16.4 Å². The summed E-state index contributed by atoms with van der Waals surface area (Å²) in [4.78, 5) is 0. The summed E-state index contributed by atoms with van der Waals surface area (Å²) in [7, 11) is -2.12. The summed E-state index contributed by atoms with van der Waals surface area (Å²) in [6.45, 7) is 0. The van der Waals surface area contributed by atoms with Crippen molar-refractivity contribution in [2.24, 2.45) is 0 Å². The summed E-state index contributed by atoms with van der Waals surface area (Å²) < 4.78 is 30.8. The van der Waals surface area contributed by atoms with E-state index in [1.165, 1.54) is 0 Å². The van der Waals surface area contributed by atoms with E-state index in [4.69, 9.17) is 0 Å². The molecular weight excluding hydrogens is 95.9 g/mol. The van der Waals surface area contributed by atoms with Gasteiger partial charge in [0.15, 0.2) is 7.44 Å². The predicted molar refractivity (Wildman–Crippen MR) is 14.8 cm³/mol. The minimum Gasteiger partial charge on any atom is -0.246 e. The molecule has 28 valence electrons. The van der Waals surface area contributed by atoms with Gasteiger partial charge < -0.3 is 0 Å². The molecule has 0 unspecified atom stereocenters. The third kappa shape index (κ3) is 3390. The van der Waals surface area contributed by atoms with Gasteiger partial charge in [-0.15, -0.1) is 0 Å². The van der Waals surface area contributed by atoms with Crippen molar-refractivity contribution in [1.29, 1.82) is 0 Å². The van der Waals surface area contributed by atoms with Crippen LogP contribution < -0.4 is 0 Å².